The third-order valence-electron chi connectivity index (χ3n) is 4.26. The standard InChI is InChI=1S/C15H22N4S/c1-10-12(4-7-16)15(18(3)17-10)19-8-5-14-13(11(19)2)6-9-20-14/h6,9,11H,4-5,7-8,16H2,1-3H3. The first kappa shape index (κ1) is 13.6. The lowest BCUT2D eigenvalue weighted by Crippen LogP contribution is -2.35. The van der Waals surface area contributed by atoms with E-state index in [1.165, 1.54) is 21.8 Å². The van der Waals surface area contributed by atoms with Gasteiger partial charge in [-0.25, -0.2) is 0 Å². The van der Waals surface area contributed by atoms with E-state index in [4.69, 9.17) is 5.73 Å². The fourth-order valence-electron chi connectivity index (χ4n) is 3.28. The Balaban J connectivity index is 2.02. The second-order valence-corrected chi connectivity index (χ2v) is 6.47. The zero-order valence-electron chi connectivity index (χ0n) is 12.4. The Morgan fingerprint density at radius 2 is 2.30 bits per heavy atom. The van der Waals surface area contributed by atoms with Gasteiger partial charge in [0.15, 0.2) is 0 Å². The van der Waals surface area contributed by atoms with Crippen molar-refractivity contribution >= 4 is 17.2 Å². The summed E-state index contributed by atoms with van der Waals surface area (Å²) in [5.41, 5.74) is 9.66. The zero-order chi connectivity index (χ0) is 14.3. The van der Waals surface area contributed by atoms with Gasteiger partial charge in [-0.3, -0.25) is 4.68 Å². The Kier molecular flexibility index (Phi) is 3.56. The highest BCUT2D eigenvalue weighted by Gasteiger charge is 2.29. The summed E-state index contributed by atoms with van der Waals surface area (Å²) in [6.07, 6.45) is 2.03. The fraction of sp³-hybridized carbons (Fsp3) is 0.533. The van der Waals surface area contributed by atoms with Gasteiger partial charge in [0, 0.05) is 24.0 Å². The van der Waals surface area contributed by atoms with Crippen LogP contribution in [0.1, 0.15) is 34.7 Å². The third-order valence-corrected chi connectivity index (χ3v) is 5.25. The lowest BCUT2D eigenvalue weighted by molar-refractivity contribution is 0.597. The van der Waals surface area contributed by atoms with Gasteiger partial charge < -0.3 is 10.6 Å². The van der Waals surface area contributed by atoms with Crippen LogP contribution in [0.2, 0.25) is 0 Å². The van der Waals surface area contributed by atoms with Crippen molar-refractivity contribution in [1.29, 1.82) is 0 Å². The van der Waals surface area contributed by atoms with Crippen LogP contribution in [0, 0.1) is 6.92 Å². The van der Waals surface area contributed by atoms with E-state index in [1.54, 1.807) is 0 Å². The van der Waals surface area contributed by atoms with E-state index in [0.717, 1.165) is 25.1 Å². The van der Waals surface area contributed by atoms with Crippen molar-refractivity contribution in [3.05, 3.63) is 33.1 Å². The minimum Gasteiger partial charge on any atom is -0.349 e. The van der Waals surface area contributed by atoms with Crippen LogP contribution in [0.3, 0.4) is 0 Å². The molecule has 0 aliphatic carbocycles. The molecule has 0 amide bonds. The molecule has 2 N–H and O–H groups in total. The van der Waals surface area contributed by atoms with E-state index in [9.17, 15) is 0 Å². The molecule has 2 aromatic rings. The summed E-state index contributed by atoms with van der Waals surface area (Å²) in [7, 11) is 2.04. The number of aryl methyl sites for hydroxylation is 2. The van der Waals surface area contributed by atoms with Gasteiger partial charge in [0.2, 0.25) is 0 Å². The molecule has 1 unspecified atom stereocenters. The van der Waals surface area contributed by atoms with Crippen molar-refractivity contribution in [3.8, 4) is 0 Å². The number of nitrogens with zero attached hydrogens (tertiary/aromatic N) is 3. The topological polar surface area (TPSA) is 47.1 Å². The quantitative estimate of drug-likeness (QED) is 0.944. The van der Waals surface area contributed by atoms with Crippen molar-refractivity contribution < 1.29 is 0 Å². The van der Waals surface area contributed by atoms with E-state index in [2.05, 4.69) is 35.3 Å². The molecule has 3 heterocycles. The SMILES string of the molecule is Cc1nn(C)c(N2CCc3sccc3C2C)c1CCN. The second-order valence-electron chi connectivity index (χ2n) is 5.47. The van der Waals surface area contributed by atoms with E-state index in [1.807, 2.05) is 23.1 Å². The molecule has 0 aromatic carbocycles. The largest absolute Gasteiger partial charge is 0.349 e. The Morgan fingerprint density at radius 3 is 3.05 bits per heavy atom. The molecule has 0 saturated carbocycles. The number of anilines is 1. The molecule has 0 saturated heterocycles. The van der Waals surface area contributed by atoms with E-state index in [-0.39, 0.29) is 0 Å². The second kappa shape index (κ2) is 5.22. The molecular weight excluding hydrogens is 268 g/mol. The van der Waals surface area contributed by atoms with Crippen LogP contribution in [-0.4, -0.2) is 22.9 Å². The van der Waals surface area contributed by atoms with Gasteiger partial charge in [0.1, 0.15) is 5.82 Å². The summed E-state index contributed by atoms with van der Waals surface area (Å²) in [4.78, 5) is 4.02. The normalized spacial score (nSPS) is 18.4. The van der Waals surface area contributed by atoms with Crippen molar-refractivity contribution in [2.24, 2.45) is 12.8 Å². The van der Waals surface area contributed by atoms with Crippen LogP contribution in [0.15, 0.2) is 11.4 Å². The minimum absolute atomic E-state index is 0.413. The summed E-state index contributed by atoms with van der Waals surface area (Å²) < 4.78 is 2.02. The van der Waals surface area contributed by atoms with Crippen molar-refractivity contribution in [2.45, 2.75) is 32.7 Å². The van der Waals surface area contributed by atoms with Crippen LogP contribution >= 0.6 is 11.3 Å². The number of hydrogen-bond donors (Lipinski definition) is 1. The van der Waals surface area contributed by atoms with Crippen LogP contribution in [-0.2, 0) is 19.9 Å². The summed E-state index contributed by atoms with van der Waals surface area (Å²) >= 11 is 1.88. The highest BCUT2D eigenvalue weighted by Crippen LogP contribution is 2.37. The number of hydrogen-bond acceptors (Lipinski definition) is 4. The number of rotatable bonds is 3. The number of aromatic nitrogens is 2. The molecule has 1 aliphatic rings. The smallest absolute Gasteiger partial charge is 0.130 e. The maximum Gasteiger partial charge on any atom is 0.130 e. The third kappa shape index (κ3) is 2.05. The van der Waals surface area contributed by atoms with Crippen molar-refractivity contribution in [3.63, 3.8) is 0 Å². The number of thiophene rings is 1. The molecule has 0 spiro atoms. The molecule has 0 bridgehead atoms. The molecule has 3 rings (SSSR count). The first-order valence-electron chi connectivity index (χ1n) is 7.19. The van der Waals surface area contributed by atoms with Gasteiger partial charge in [-0.05, 0) is 50.2 Å². The zero-order valence-corrected chi connectivity index (χ0v) is 13.2. The summed E-state index contributed by atoms with van der Waals surface area (Å²) in [5, 5.41) is 6.81. The maximum absolute atomic E-state index is 5.78. The Bertz CT molecular complexity index is 613. The van der Waals surface area contributed by atoms with Gasteiger partial charge in [0.25, 0.3) is 0 Å². The first-order valence-corrected chi connectivity index (χ1v) is 8.07. The van der Waals surface area contributed by atoms with Gasteiger partial charge >= 0.3 is 0 Å². The molecule has 1 atom stereocenters. The van der Waals surface area contributed by atoms with Crippen LogP contribution in [0.4, 0.5) is 5.82 Å². The molecule has 20 heavy (non-hydrogen) atoms. The molecule has 4 nitrogen and oxygen atoms in total. The van der Waals surface area contributed by atoms with Crippen LogP contribution in [0.25, 0.3) is 0 Å². The van der Waals surface area contributed by atoms with Crippen LogP contribution in [0.5, 0.6) is 0 Å². The molecule has 5 heteroatoms. The Labute approximate surface area is 124 Å². The molecule has 2 aromatic heterocycles. The monoisotopic (exact) mass is 290 g/mol. The van der Waals surface area contributed by atoms with Gasteiger partial charge in [0.05, 0.1) is 11.7 Å². The molecule has 1 aliphatic heterocycles. The lowest BCUT2D eigenvalue weighted by atomic mass is 10.0. The Morgan fingerprint density at radius 1 is 1.50 bits per heavy atom. The van der Waals surface area contributed by atoms with Gasteiger partial charge in [-0.15, -0.1) is 11.3 Å². The van der Waals surface area contributed by atoms with Gasteiger partial charge in [-0.1, -0.05) is 0 Å². The van der Waals surface area contributed by atoms with Crippen LogP contribution < -0.4 is 10.6 Å². The van der Waals surface area contributed by atoms with E-state index < -0.39 is 0 Å². The summed E-state index contributed by atoms with van der Waals surface area (Å²) in [6.45, 7) is 6.11. The van der Waals surface area contributed by atoms with E-state index in [0.29, 0.717) is 12.6 Å². The predicted octanol–water partition coefficient (Wildman–Crippen LogP) is 2.41. The molecule has 108 valence electrons. The maximum atomic E-state index is 5.78. The number of nitrogens with two attached hydrogens (primary N) is 1. The average Bonchev–Trinajstić information content (AvgIpc) is 2.98. The minimum atomic E-state index is 0.413. The number of fused-ring (bicyclic) bond motifs is 1. The van der Waals surface area contributed by atoms with Crippen molar-refractivity contribution in [2.75, 3.05) is 18.0 Å². The lowest BCUT2D eigenvalue weighted by Gasteiger charge is -2.36. The highest BCUT2D eigenvalue weighted by atomic mass is 32.1. The Hall–Kier alpha value is -1.33. The van der Waals surface area contributed by atoms with E-state index >= 15 is 0 Å². The van der Waals surface area contributed by atoms with Crippen molar-refractivity contribution in [1.82, 2.24) is 9.78 Å². The molecule has 0 radical (unpaired) electrons. The highest BCUT2D eigenvalue weighted by molar-refractivity contribution is 7.10. The van der Waals surface area contributed by atoms with Gasteiger partial charge in [-0.2, -0.15) is 5.10 Å². The first-order chi connectivity index (χ1) is 9.63. The fourth-order valence-corrected chi connectivity index (χ4v) is 4.25. The summed E-state index contributed by atoms with van der Waals surface area (Å²) in [5.74, 6) is 1.25. The predicted molar refractivity (Wildman–Crippen MR) is 84.5 cm³/mol. The summed E-state index contributed by atoms with van der Waals surface area (Å²) in [6, 6.07) is 2.68. The average molecular weight is 290 g/mol. The molecular formula is C15H22N4S. The molecule has 0 fully saturated rings.